The third-order valence-corrected chi connectivity index (χ3v) is 0. The maximum Gasteiger partial charge on any atom is 1.00 e. The zero-order valence-corrected chi connectivity index (χ0v) is 16.3. The fraction of sp³-hybridized carbons (Fsp3) is 0. The van der Waals surface area contributed by atoms with Crippen LogP contribution in [0.4, 0.5) is 9.59 Å². The zero-order chi connectivity index (χ0) is 7.15. The first-order valence-corrected chi connectivity index (χ1v) is 1.26. The van der Waals surface area contributed by atoms with E-state index in [4.69, 9.17) is 30.0 Å². The van der Waals surface area contributed by atoms with Crippen molar-refractivity contribution >= 4 is 12.3 Å². The molecule has 0 saturated heterocycles. The van der Waals surface area contributed by atoms with Crippen molar-refractivity contribution in [3.63, 3.8) is 0 Å². The van der Waals surface area contributed by atoms with Gasteiger partial charge in [0.1, 0.15) is 0 Å². The smallest absolute Gasteiger partial charge is 0.870 e. The summed E-state index contributed by atoms with van der Waals surface area (Å²) in [7, 11) is 0. The van der Waals surface area contributed by atoms with Gasteiger partial charge >= 0.3 is 160 Å². The average molecular weight is 256 g/mol. The van der Waals surface area contributed by atoms with E-state index in [1.165, 1.54) is 0 Å². The SMILES string of the molecule is O=C(O)O.O=C([O-])[O-].[K+].[K+].[K+].[OH-]. The molecule has 56 valence electrons. The fourth-order valence-electron chi connectivity index (χ4n) is 0. The molecule has 0 aromatic rings. The first-order chi connectivity index (χ1) is 3.46. The molecule has 0 atom stereocenters. The number of rotatable bonds is 0. The first kappa shape index (κ1) is 36.1. The van der Waals surface area contributed by atoms with Crippen LogP contribution in [-0.4, -0.2) is 28.0 Å². The van der Waals surface area contributed by atoms with Gasteiger partial charge in [0, 0.05) is 0 Å². The molecule has 3 N–H and O–H groups in total. The summed E-state index contributed by atoms with van der Waals surface area (Å²) in [5, 5.41) is 30.6. The Labute approximate surface area is 196 Å². The molecule has 0 radical (unpaired) electrons. The number of hydrogen-bond donors (Lipinski definition) is 2. The Morgan fingerprint density at radius 1 is 0.917 bits per heavy atom. The standard InChI is InChI=1S/2CH2O3.3K.H2O/c2*2-1(3)4;;;;/h2*(H2,2,3,4);;;;1H2/q;;3*+1;/p-3. The van der Waals surface area contributed by atoms with Crippen LogP contribution in [0.1, 0.15) is 0 Å². The van der Waals surface area contributed by atoms with E-state index in [1.54, 1.807) is 0 Å². The molecule has 0 heterocycles. The summed E-state index contributed by atoms with van der Waals surface area (Å²) in [6, 6.07) is 0. The Bertz CT molecular complexity index is 74.7. The zero-order valence-electron chi connectivity index (χ0n) is 6.97. The molecule has 0 saturated carbocycles. The van der Waals surface area contributed by atoms with Crippen LogP contribution in [0.5, 0.6) is 0 Å². The maximum atomic E-state index is 8.56. The second kappa shape index (κ2) is 29.3. The summed E-state index contributed by atoms with van der Waals surface area (Å²) >= 11 is 0. The van der Waals surface area contributed by atoms with Gasteiger partial charge in [0.25, 0.3) is 0 Å². The molecule has 0 unspecified atom stereocenters. The van der Waals surface area contributed by atoms with Crippen molar-refractivity contribution in [2.75, 3.05) is 0 Å². The first-order valence-electron chi connectivity index (χ1n) is 1.26. The van der Waals surface area contributed by atoms with Gasteiger partial charge in [0.05, 0.1) is 0 Å². The number of carboxylic acid groups (broad SMARTS) is 4. The quantitative estimate of drug-likeness (QED) is 0.408. The van der Waals surface area contributed by atoms with Crippen molar-refractivity contribution in [3.8, 4) is 0 Å². The molecule has 0 aliphatic rings. The van der Waals surface area contributed by atoms with Crippen molar-refractivity contribution in [3.05, 3.63) is 0 Å². The van der Waals surface area contributed by atoms with E-state index in [0.717, 1.165) is 0 Å². The Hall–Kier alpha value is 3.41. The molecule has 7 nitrogen and oxygen atoms in total. The molecule has 0 bridgehead atoms. The van der Waals surface area contributed by atoms with Gasteiger partial charge in [-0.15, -0.1) is 0 Å². The van der Waals surface area contributed by atoms with Gasteiger partial charge in [-0.1, -0.05) is 0 Å². The predicted octanol–water partition coefficient (Wildman–Crippen LogP) is -11.4. The molecule has 0 rings (SSSR count). The third kappa shape index (κ3) is 178. The van der Waals surface area contributed by atoms with Crippen molar-refractivity contribution < 1.29 is 190 Å². The molecule has 0 aromatic heterocycles. The van der Waals surface area contributed by atoms with Crippen molar-refractivity contribution in [1.29, 1.82) is 0 Å². The summed E-state index contributed by atoms with van der Waals surface area (Å²) in [4.78, 5) is 16.9. The van der Waals surface area contributed by atoms with E-state index in [2.05, 4.69) is 0 Å². The molecule has 10 heteroatoms. The summed E-state index contributed by atoms with van der Waals surface area (Å²) in [6.45, 7) is 0. The van der Waals surface area contributed by atoms with Crippen LogP contribution in [0, 0.1) is 0 Å². The van der Waals surface area contributed by atoms with E-state index in [1.807, 2.05) is 0 Å². The molecule has 0 spiro atoms. The number of carbonyl (C=O) groups excluding carboxylic acids is 1. The van der Waals surface area contributed by atoms with Gasteiger partial charge in [-0.2, -0.15) is 0 Å². The second-order valence-electron chi connectivity index (χ2n) is 0.533. The Balaban J connectivity index is -0.0000000112. The van der Waals surface area contributed by atoms with Gasteiger partial charge < -0.3 is 30.7 Å². The topological polar surface area (TPSA) is 151 Å². The molecule has 0 aliphatic carbocycles. The predicted molar refractivity (Wildman–Crippen MR) is 18.0 cm³/mol. The number of carbonyl (C=O) groups is 2. The summed E-state index contributed by atoms with van der Waals surface area (Å²) < 4.78 is 0. The van der Waals surface area contributed by atoms with Crippen LogP contribution in [0.2, 0.25) is 0 Å². The van der Waals surface area contributed by atoms with E-state index < -0.39 is 12.3 Å². The van der Waals surface area contributed by atoms with Crippen LogP contribution in [0.3, 0.4) is 0 Å². The van der Waals surface area contributed by atoms with Gasteiger partial charge in [-0.25, -0.2) is 4.79 Å². The van der Waals surface area contributed by atoms with Gasteiger partial charge in [0.15, 0.2) is 0 Å². The van der Waals surface area contributed by atoms with E-state index >= 15 is 0 Å². The summed E-state index contributed by atoms with van der Waals surface area (Å²) in [5.74, 6) is 0. The van der Waals surface area contributed by atoms with E-state index in [-0.39, 0.29) is 160 Å². The van der Waals surface area contributed by atoms with Crippen LogP contribution >= 0.6 is 0 Å². The molecule has 0 aromatic carbocycles. The van der Waals surface area contributed by atoms with Crippen LogP contribution in [0.15, 0.2) is 0 Å². The minimum Gasteiger partial charge on any atom is -0.870 e. The third-order valence-electron chi connectivity index (χ3n) is 0. The van der Waals surface area contributed by atoms with Crippen LogP contribution in [0.25, 0.3) is 0 Å². The Morgan fingerprint density at radius 3 is 0.917 bits per heavy atom. The van der Waals surface area contributed by atoms with E-state index in [9.17, 15) is 0 Å². The van der Waals surface area contributed by atoms with Crippen molar-refractivity contribution in [1.82, 2.24) is 0 Å². The van der Waals surface area contributed by atoms with Gasteiger partial charge in [0.2, 0.25) is 0 Å². The maximum absolute atomic E-state index is 8.56. The number of hydrogen-bond acceptors (Lipinski definition) is 5. The normalized spacial score (nSPS) is 4.00. The van der Waals surface area contributed by atoms with Crippen LogP contribution < -0.4 is 164 Å². The molecule has 0 aliphatic heterocycles. The van der Waals surface area contributed by atoms with Crippen molar-refractivity contribution in [2.45, 2.75) is 0 Å². The molecular weight excluding hydrogens is 253 g/mol. The summed E-state index contributed by atoms with van der Waals surface area (Å²) in [5.41, 5.74) is 0. The second-order valence-corrected chi connectivity index (χ2v) is 0.533. The minimum atomic E-state index is -2.33. The van der Waals surface area contributed by atoms with Gasteiger partial charge in [-0.05, 0) is 6.16 Å². The average Bonchev–Trinajstić information content (AvgIpc) is 1.25. The van der Waals surface area contributed by atoms with Gasteiger partial charge in [-0.3, -0.25) is 0 Å². The molecular formula is C2H3K3O7. The fourth-order valence-corrected chi connectivity index (χ4v) is 0. The van der Waals surface area contributed by atoms with Crippen molar-refractivity contribution in [2.24, 2.45) is 0 Å². The minimum absolute atomic E-state index is 0. The monoisotopic (exact) mass is 256 g/mol. The van der Waals surface area contributed by atoms with Crippen LogP contribution in [-0.2, 0) is 0 Å². The molecule has 0 amide bonds. The molecule has 12 heavy (non-hydrogen) atoms. The summed E-state index contributed by atoms with van der Waals surface area (Å²) in [6.07, 6.45) is -4.17. The largest absolute Gasteiger partial charge is 1.00 e. The molecule has 0 fully saturated rings. The van der Waals surface area contributed by atoms with E-state index in [0.29, 0.717) is 0 Å². The Morgan fingerprint density at radius 2 is 0.917 bits per heavy atom. The Kier molecular flexibility index (Phi) is 88.1.